The van der Waals surface area contributed by atoms with Gasteiger partial charge < -0.3 is 49.5 Å². The van der Waals surface area contributed by atoms with Crippen LogP contribution < -0.4 is 0 Å². The van der Waals surface area contributed by atoms with E-state index in [-0.39, 0.29) is 129 Å². The van der Waals surface area contributed by atoms with Crippen LogP contribution >= 0.6 is 0 Å². The zero-order valence-electron chi connectivity index (χ0n) is 75.2. The molecule has 0 saturated carbocycles. The summed E-state index contributed by atoms with van der Waals surface area (Å²) >= 11 is 0. The number of rotatable bonds is 7. The summed E-state index contributed by atoms with van der Waals surface area (Å²) in [5, 5.41) is 61.7. The molecule has 25 aromatic rings. The first kappa shape index (κ1) is 107. The van der Waals surface area contributed by atoms with Gasteiger partial charge in [0.2, 0.25) is 0 Å². The SMILES string of the molecule is Cn1c(-c2[c-]cccc2)nc2ccccc21.O=C(O)c1cc2ccccc2cn1.O=C(O)c1ccc2ccccc2n1.O=C(O)c1nccc2ccccc12.O=C(O)c1nccc2ccccc12.O=C(O)c1nccc2ccccc12.[Ir].[Ir].[Ir].[Ir].[Ir].[c-]1cccc2ccc3cccnc3c12.[c-]1cccc2ccc3cccnc3c12.[c-]1cccc2ccc3cccnc3c12.[c-]1ccccc1-c1nc2ccccc2o1. The van der Waals surface area contributed by atoms with Gasteiger partial charge in [0, 0.05) is 178 Å². The fraction of sp³-hybridized carbons (Fsp3) is 0.00862. The molecule has 0 aliphatic heterocycles. The molecule has 0 amide bonds. The van der Waals surface area contributed by atoms with Crippen molar-refractivity contribution in [2.75, 3.05) is 0 Å². The van der Waals surface area contributed by atoms with Gasteiger partial charge in [-0.15, -0.1) is 171 Å². The molecule has 0 fully saturated rings. The van der Waals surface area contributed by atoms with Crippen molar-refractivity contribution in [3.05, 3.63) is 484 Å². The summed E-state index contributed by atoms with van der Waals surface area (Å²) in [5.41, 5.74) is 10.1. The number of oxazole rings is 1. The summed E-state index contributed by atoms with van der Waals surface area (Å²) in [4.78, 5) is 94.8. The minimum Gasteiger partial charge on any atom is -0.481 e. The van der Waals surface area contributed by atoms with Crippen LogP contribution in [0.3, 0.4) is 0 Å². The number of carboxylic acids is 5. The van der Waals surface area contributed by atoms with E-state index in [1.54, 1.807) is 79.0 Å². The summed E-state index contributed by atoms with van der Waals surface area (Å²) in [5.74, 6) is -3.37. The zero-order valence-corrected chi connectivity index (χ0v) is 87.2. The Hall–Kier alpha value is -16.1. The predicted molar refractivity (Wildman–Crippen MR) is 541 cm³/mol. The molecule has 0 spiro atoms. The molecule has 10 heterocycles. The van der Waals surface area contributed by atoms with E-state index in [0.717, 1.165) is 104 Å². The quantitative estimate of drug-likeness (QED) is 0.0731. The Morgan fingerprint density at radius 1 is 0.266 bits per heavy atom. The zero-order chi connectivity index (χ0) is 95.5. The van der Waals surface area contributed by atoms with E-state index >= 15 is 0 Å². The minimum atomic E-state index is -0.995. The van der Waals surface area contributed by atoms with Crippen LogP contribution in [0.25, 0.3) is 164 Å². The molecule has 713 valence electrons. The van der Waals surface area contributed by atoms with Crippen LogP contribution in [0.15, 0.2) is 430 Å². The van der Waals surface area contributed by atoms with Crippen LogP contribution in [-0.2, 0) is 108 Å². The van der Waals surface area contributed by atoms with Crippen LogP contribution in [0.5, 0.6) is 0 Å². The number of imidazole rings is 1. The topological polar surface area (TPSA) is 333 Å². The first-order valence-corrected chi connectivity index (χ1v) is 43.1. The largest absolute Gasteiger partial charge is 0.481 e. The van der Waals surface area contributed by atoms with Gasteiger partial charge in [-0.05, 0) is 133 Å². The number of hydrogen-bond donors (Lipinski definition) is 5. The second kappa shape index (κ2) is 52.8. The number of aryl methyl sites for hydroxylation is 1. The Bertz CT molecular complexity index is 7900. The first-order chi connectivity index (χ1) is 67.5. The van der Waals surface area contributed by atoms with Gasteiger partial charge in [-0.1, -0.05) is 206 Å². The van der Waals surface area contributed by atoms with Crippen molar-refractivity contribution in [3.8, 4) is 22.8 Å². The van der Waals surface area contributed by atoms with Gasteiger partial charge in [0.15, 0.2) is 17.1 Å². The van der Waals surface area contributed by atoms with E-state index in [1.165, 1.54) is 57.0 Å². The van der Waals surface area contributed by atoms with E-state index in [2.05, 4.69) is 164 Å². The minimum absolute atomic E-state index is 0. The Morgan fingerprint density at radius 3 is 1.05 bits per heavy atom. The molecular formula is C116H78Ir5N11O11-5. The monoisotopic (exact) mass is 2770 g/mol. The van der Waals surface area contributed by atoms with Gasteiger partial charge in [0.25, 0.3) is 0 Å². The van der Waals surface area contributed by atoms with E-state index in [0.29, 0.717) is 27.6 Å². The van der Waals surface area contributed by atoms with Crippen molar-refractivity contribution < 1.29 is 154 Å². The molecule has 25 rings (SSSR count). The molecule has 22 nitrogen and oxygen atoms in total. The van der Waals surface area contributed by atoms with Gasteiger partial charge in [0.05, 0.1) is 27.9 Å². The number of carboxylic acid groups (broad SMARTS) is 5. The summed E-state index contributed by atoms with van der Waals surface area (Å²) in [6, 6.07) is 137. The molecule has 0 aliphatic carbocycles. The smallest absolute Gasteiger partial charge is 0.355 e. The van der Waals surface area contributed by atoms with Gasteiger partial charge in [-0.3, -0.25) is 9.97 Å². The number of aromatic carboxylic acids is 5. The maximum Gasteiger partial charge on any atom is 0.355 e. The predicted octanol–water partition coefficient (Wildman–Crippen LogP) is 25.6. The Morgan fingerprint density at radius 2 is 0.622 bits per heavy atom. The van der Waals surface area contributed by atoms with Gasteiger partial charge in [-0.2, -0.15) is 0 Å². The Labute approximate surface area is 886 Å². The molecule has 10 aromatic heterocycles. The van der Waals surface area contributed by atoms with E-state index in [9.17, 15) is 24.0 Å². The fourth-order valence-electron chi connectivity index (χ4n) is 14.9. The molecule has 27 heteroatoms. The van der Waals surface area contributed by atoms with Crippen molar-refractivity contribution in [3.63, 3.8) is 0 Å². The standard InChI is InChI=1S/C14H11N2.C13H8NO.3C13H8N.5C10H7NO2.5Ir/c1-16-13-10-6-5-9-12(13)15-14(16)11-7-3-2-4-8-11;1-2-6-10(7-3-1)13-14-11-8-4-5-9-12(11)15-13;3*1-2-6-12-10(4-1)7-8-11-5-3-9-14-13(11)12;12-10(13)9-5-7-3-1-2-4-8(7)6-11-9;3*12-10(13)9-8-4-2-1-3-7(8)5-6-11-9;12-10(13)9-6-5-7-3-1-2-4-8(7)11-9;;;;;/h2-7,9-10H,1H3;1-6,8-9H;3*1-5,7-9H;5*1-6H,(H,12,13);;;;;/q5*-1;;;;;;;;;;. The number of nitrogens with zero attached hydrogens (tertiary/aromatic N) is 11. The van der Waals surface area contributed by atoms with Crippen molar-refractivity contribution in [2.24, 2.45) is 7.05 Å². The number of hydrogen-bond acceptors (Lipinski definition) is 16. The molecule has 5 N–H and O–H groups in total. The summed E-state index contributed by atoms with van der Waals surface area (Å²) in [6.45, 7) is 0. The number of fused-ring (bicyclic) bond motifs is 16. The number of benzene rings is 15. The third kappa shape index (κ3) is 27.3. The van der Waals surface area contributed by atoms with Gasteiger partial charge in [-0.25, -0.2) is 48.9 Å². The van der Waals surface area contributed by atoms with E-state index in [4.69, 9.17) is 29.9 Å². The maximum atomic E-state index is 10.8. The van der Waals surface area contributed by atoms with Crippen LogP contribution in [0, 0.1) is 30.3 Å². The van der Waals surface area contributed by atoms with E-state index < -0.39 is 29.8 Å². The average molecular weight is 2760 g/mol. The fourth-order valence-corrected chi connectivity index (χ4v) is 14.9. The van der Waals surface area contributed by atoms with Gasteiger partial charge in [0.1, 0.15) is 22.9 Å². The van der Waals surface area contributed by atoms with Crippen LogP contribution in [0.1, 0.15) is 52.4 Å². The molecule has 5 radical (unpaired) electrons. The second-order valence-electron chi connectivity index (χ2n) is 30.3. The first-order valence-electron chi connectivity index (χ1n) is 43.1. The van der Waals surface area contributed by atoms with Crippen LogP contribution in [-0.4, -0.2) is 110 Å². The number of carbonyl (C=O) groups is 5. The third-order valence-corrected chi connectivity index (χ3v) is 21.5. The number of pyridine rings is 8. The summed E-state index contributed by atoms with van der Waals surface area (Å²) < 4.78 is 7.71. The molecule has 15 aromatic carbocycles. The third-order valence-electron chi connectivity index (χ3n) is 21.5. The van der Waals surface area contributed by atoms with Crippen molar-refractivity contribution >= 4 is 171 Å². The molecule has 143 heavy (non-hydrogen) atoms. The summed E-state index contributed by atoms with van der Waals surface area (Å²) in [7, 11) is 2.03. The van der Waals surface area contributed by atoms with Crippen LogP contribution in [0.4, 0.5) is 0 Å². The van der Waals surface area contributed by atoms with Gasteiger partial charge >= 0.3 is 29.8 Å². The molecule has 0 saturated heterocycles. The molecule has 0 atom stereocenters. The van der Waals surface area contributed by atoms with Crippen molar-refractivity contribution in [2.45, 2.75) is 0 Å². The normalized spacial score (nSPS) is 10.1. The van der Waals surface area contributed by atoms with Crippen LogP contribution in [0.2, 0.25) is 0 Å². The summed E-state index contributed by atoms with van der Waals surface area (Å²) in [6.07, 6.45) is 11.6. The molecule has 0 unspecified atom stereocenters. The molecule has 0 bridgehead atoms. The Balaban J connectivity index is 0.000000151. The molecular weight excluding hydrogens is 2680 g/mol. The van der Waals surface area contributed by atoms with Crippen molar-refractivity contribution in [1.82, 2.24) is 54.4 Å². The second-order valence-corrected chi connectivity index (χ2v) is 30.3. The number of aromatic nitrogens is 11. The number of para-hydroxylation sites is 5. The average Bonchev–Trinajstić information content (AvgIpc) is 1.06. The Kier molecular flexibility index (Phi) is 39.6. The van der Waals surface area contributed by atoms with Crippen molar-refractivity contribution in [1.29, 1.82) is 0 Å². The van der Waals surface area contributed by atoms with E-state index in [1.807, 2.05) is 250 Å². The maximum absolute atomic E-state index is 10.8. The molecule has 0 aliphatic rings.